The van der Waals surface area contributed by atoms with Crippen molar-refractivity contribution < 1.29 is 14.3 Å². The van der Waals surface area contributed by atoms with Crippen molar-refractivity contribution in [3.8, 4) is 0 Å². The molecule has 0 fully saturated rings. The van der Waals surface area contributed by atoms with Crippen LogP contribution in [0.3, 0.4) is 0 Å². The van der Waals surface area contributed by atoms with Gasteiger partial charge in [-0.15, -0.1) is 0 Å². The number of rotatable bonds is 4. The van der Waals surface area contributed by atoms with Crippen molar-refractivity contribution in [3.63, 3.8) is 0 Å². The molecular weight excluding hydrogens is 256 g/mol. The zero-order valence-electron chi connectivity index (χ0n) is 12.4. The van der Waals surface area contributed by atoms with E-state index in [-0.39, 0.29) is 0 Å². The van der Waals surface area contributed by atoms with Crippen LogP contribution >= 0.6 is 0 Å². The van der Waals surface area contributed by atoms with Crippen LogP contribution in [-0.4, -0.2) is 30.7 Å². The van der Waals surface area contributed by atoms with Crippen LogP contribution in [0.4, 0.5) is 4.79 Å². The van der Waals surface area contributed by atoms with Crippen molar-refractivity contribution in [2.45, 2.75) is 38.8 Å². The van der Waals surface area contributed by atoms with Gasteiger partial charge in [0.25, 0.3) is 0 Å². The van der Waals surface area contributed by atoms with E-state index >= 15 is 0 Å². The third kappa shape index (κ3) is 5.73. The van der Waals surface area contributed by atoms with E-state index in [1.165, 1.54) is 7.05 Å². The summed E-state index contributed by atoms with van der Waals surface area (Å²) >= 11 is 0. The van der Waals surface area contributed by atoms with E-state index < -0.39 is 23.6 Å². The van der Waals surface area contributed by atoms with Crippen LogP contribution in [0.15, 0.2) is 30.3 Å². The standard InChI is InChI=1S/C15H22N2O3/c1-15(2,3)20-13(18)12(17-14(19)16-4)10-11-8-6-5-7-9-11/h5-9,12H,10H2,1-4H3,(H2,16,17,19)/t12-/m1/s1. The highest BCUT2D eigenvalue weighted by atomic mass is 16.6. The van der Waals surface area contributed by atoms with E-state index in [1.807, 2.05) is 30.3 Å². The van der Waals surface area contributed by atoms with Crippen LogP contribution < -0.4 is 10.6 Å². The van der Waals surface area contributed by atoms with Gasteiger partial charge in [-0.05, 0) is 26.3 Å². The van der Waals surface area contributed by atoms with Gasteiger partial charge < -0.3 is 15.4 Å². The number of benzene rings is 1. The number of esters is 1. The van der Waals surface area contributed by atoms with Gasteiger partial charge in [0.2, 0.25) is 0 Å². The SMILES string of the molecule is CNC(=O)N[C@H](Cc1ccccc1)C(=O)OC(C)(C)C. The first kappa shape index (κ1) is 16.0. The van der Waals surface area contributed by atoms with Crippen molar-refractivity contribution in [2.75, 3.05) is 7.05 Å². The maximum absolute atomic E-state index is 12.1. The minimum Gasteiger partial charge on any atom is -0.458 e. The number of hydrogen-bond acceptors (Lipinski definition) is 3. The average molecular weight is 278 g/mol. The zero-order valence-corrected chi connectivity index (χ0v) is 12.4. The predicted molar refractivity (Wildman–Crippen MR) is 77.4 cm³/mol. The Bertz CT molecular complexity index is 452. The summed E-state index contributed by atoms with van der Waals surface area (Å²) < 4.78 is 5.34. The molecule has 2 amide bonds. The van der Waals surface area contributed by atoms with Crippen LogP contribution in [0.5, 0.6) is 0 Å². The first-order valence-electron chi connectivity index (χ1n) is 6.57. The monoisotopic (exact) mass is 278 g/mol. The van der Waals surface area contributed by atoms with Gasteiger partial charge in [-0.3, -0.25) is 0 Å². The normalized spacial score (nSPS) is 12.4. The molecule has 0 radical (unpaired) electrons. The highest BCUT2D eigenvalue weighted by Gasteiger charge is 2.26. The molecule has 0 saturated heterocycles. The Balaban J connectivity index is 2.79. The van der Waals surface area contributed by atoms with Crippen molar-refractivity contribution in [1.82, 2.24) is 10.6 Å². The highest BCUT2D eigenvalue weighted by molar-refractivity contribution is 5.83. The second-order valence-electron chi connectivity index (χ2n) is 5.50. The van der Waals surface area contributed by atoms with Gasteiger partial charge in [-0.1, -0.05) is 30.3 Å². The van der Waals surface area contributed by atoms with Gasteiger partial charge in [0.15, 0.2) is 0 Å². The maximum atomic E-state index is 12.1. The topological polar surface area (TPSA) is 67.4 Å². The zero-order chi connectivity index (χ0) is 15.2. The molecule has 20 heavy (non-hydrogen) atoms. The van der Waals surface area contributed by atoms with E-state index in [2.05, 4.69) is 10.6 Å². The smallest absolute Gasteiger partial charge is 0.329 e. The third-order valence-corrected chi connectivity index (χ3v) is 2.51. The minimum atomic E-state index is -0.712. The molecule has 0 saturated carbocycles. The van der Waals surface area contributed by atoms with Crippen LogP contribution in [0, 0.1) is 0 Å². The summed E-state index contributed by atoms with van der Waals surface area (Å²) in [5.74, 6) is -0.440. The number of amides is 2. The number of urea groups is 1. The number of carbonyl (C=O) groups is 2. The molecule has 5 nitrogen and oxygen atoms in total. The fourth-order valence-electron chi connectivity index (χ4n) is 1.65. The summed E-state index contributed by atoms with van der Waals surface area (Å²) in [6, 6.07) is 8.38. The molecule has 0 unspecified atom stereocenters. The van der Waals surface area contributed by atoms with Gasteiger partial charge in [0.1, 0.15) is 11.6 Å². The van der Waals surface area contributed by atoms with Crippen LogP contribution in [0.25, 0.3) is 0 Å². The second kappa shape index (κ2) is 6.93. The Kier molecular flexibility index (Phi) is 5.55. The van der Waals surface area contributed by atoms with Gasteiger partial charge in [0, 0.05) is 13.5 Å². The number of carbonyl (C=O) groups excluding carboxylic acids is 2. The Morgan fingerprint density at radius 3 is 2.30 bits per heavy atom. The number of nitrogens with one attached hydrogen (secondary N) is 2. The molecule has 0 aliphatic rings. The van der Waals surface area contributed by atoms with Crippen molar-refractivity contribution >= 4 is 12.0 Å². The molecule has 2 N–H and O–H groups in total. The summed E-state index contributed by atoms with van der Waals surface area (Å²) in [6.07, 6.45) is 0.392. The summed E-state index contributed by atoms with van der Waals surface area (Å²) in [6.45, 7) is 5.39. The van der Waals surface area contributed by atoms with Gasteiger partial charge in [-0.25, -0.2) is 9.59 Å². The Morgan fingerprint density at radius 1 is 1.20 bits per heavy atom. The lowest BCUT2D eigenvalue weighted by Gasteiger charge is -2.24. The molecule has 110 valence electrons. The van der Waals surface area contributed by atoms with Gasteiger partial charge in [-0.2, -0.15) is 0 Å². The fraction of sp³-hybridized carbons (Fsp3) is 0.467. The Morgan fingerprint density at radius 2 is 1.80 bits per heavy atom. The van der Waals surface area contributed by atoms with Gasteiger partial charge in [0.05, 0.1) is 0 Å². The van der Waals surface area contributed by atoms with Crippen molar-refractivity contribution in [3.05, 3.63) is 35.9 Å². The van der Waals surface area contributed by atoms with Crippen LogP contribution in [-0.2, 0) is 16.0 Å². The predicted octanol–water partition coefficient (Wildman–Crippen LogP) is 1.87. The Labute approximate surface area is 119 Å². The lowest BCUT2D eigenvalue weighted by atomic mass is 10.1. The first-order valence-corrected chi connectivity index (χ1v) is 6.57. The molecule has 1 rings (SSSR count). The third-order valence-electron chi connectivity index (χ3n) is 2.51. The molecule has 0 bridgehead atoms. The molecular formula is C15H22N2O3. The molecule has 5 heteroatoms. The first-order chi connectivity index (χ1) is 9.31. The molecule has 0 aromatic heterocycles. The quantitative estimate of drug-likeness (QED) is 0.826. The molecule has 1 aromatic carbocycles. The lowest BCUT2D eigenvalue weighted by Crippen LogP contribution is -2.48. The number of hydrogen-bond donors (Lipinski definition) is 2. The molecule has 0 aliphatic heterocycles. The average Bonchev–Trinajstić information content (AvgIpc) is 2.37. The Hall–Kier alpha value is -2.04. The van der Waals surface area contributed by atoms with Crippen LogP contribution in [0.2, 0.25) is 0 Å². The number of ether oxygens (including phenoxy) is 1. The van der Waals surface area contributed by atoms with Crippen molar-refractivity contribution in [1.29, 1.82) is 0 Å². The van der Waals surface area contributed by atoms with Crippen LogP contribution in [0.1, 0.15) is 26.3 Å². The molecule has 0 aliphatic carbocycles. The summed E-state index contributed by atoms with van der Waals surface area (Å²) in [7, 11) is 1.50. The van der Waals surface area contributed by atoms with E-state index in [1.54, 1.807) is 20.8 Å². The lowest BCUT2D eigenvalue weighted by molar-refractivity contribution is -0.157. The van der Waals surface area contributed by atoms with E-state index in [4.69, 9.17) is 4.74 Å². The summed E-state index contributed by atoms with van der Waals surface area (Å²) in [4.78, 5) is 23.6. The van der Waals surface area contributed by atoms with E-state index in [0.717, 1.165) is 5.56 Å². The van der Waals surface area contributed by atoms with Gasteiger partial charge >= 0.3 is 12.0 Å². The van der Waals surface area contributed by atoms with E-state index in [0.29, 0.717) is 6.42 Å². The van der Waals surface area contributed by atoms with Crippen molar-refractivity contribution in [2.24, 2.45) is 0 Å². The summed E-state index contributed by atoms with van der Waals surface area (Å²) in [5, 5.41) is 5.05. The molecule has 1 atom stereocenters. The summed E-state index contributed by atoms with van der Waals surface area (Å²) in [5.41, 5.74) is 0.371. The largest absolute Gasteiger partial charge is 0.458 e. The second-order valence-corrected chi connectivity index (χ2v) is 5.50. The maximum Gasteiger partial charge on any atom is 0.329 e. The molecule has 1 aromatic rings. The highest BCUT2D eigenvalue weighted by Crippen LogP contribution is 2.11. The molecule has 0 heterocycles. The minimum absolute atomic E-state index is 0.392. The fourth-order valence-corrected chi connectivity index (χ4v) is 1.65. The molecule has 0 spiro atoms. The van der Waals surface area contributed by atoms with E-state index in [9.17, 15) is 9.59 Å².